The number of phenols is 1. The van der Waals surface area contributed by atoms with Crippen molar-refractivity contribution in [3.8, 4) is 11.5 Å². The quantitative estimate of drug-likeness (QED) is 0.244. The number of nitrogens with zero attached hydrogens (tertiary/aromatic N) is 1. The zero-order chi connectivity index (χ0) is 18.7. The molecule has 3 atom stereocenters. The lowest BCUT2D eigenvalue weighted by molar-refractivity contribution is -0.386. The van der Waals surface area contributed by atoms with E-state index in [2.05, 4.69) is 0 Å². The molecule has 0 heterocycles. The van der Waals surface area contributed by atoms with Gasteiger partial charge < -0.3 is 30.7 Å². The Hall–Kier alpha value is -2.20. The van der Waals surface area contributed by atoms with Crippen LogP contribution in [-0.2, 0) is 9.36 Å². The molecule has 0 amide bonds. The molecule has 1 rings (SSSR count). The number of benzene rings is 1. The Morgan fingerprint density at radius 3 is 2.54 bits per heavy atom. The van der Waals surface area contributed by atoms with Crippen molar-refractivity contribution in [1.82, 2.24) is 0 Å². The maximum atomic E-state index is 12.2. The van der Waals surface area contributed by atoms with Crippen molar-refractivity contribution in [2.75, 3.05) is 13.3 Å². The number of nitro benzene ring substituents is 1. The number of ether oxygens (including phenoxy) is 1. The van der Waals surface area contributed by atoms with Crippen molar-refractivity contribution in [2.45, 2.75) is 18.3 Å². The van der Waals surface area contributed by atoms with Gasteiger partial charge in [-0.3, -0.25) is 19.5 Å². The number of phenolic OH excluding ortho intramolecular Hbond substituents is 1. The molecule has 24 heavy (non-hydrogen) atoms. The third-order valence-electron chi connectivity index (χ3n) is 3.25. The summed E-state index contributed by atoms with van der Waals surface area (Å²) in [6, 6.07) is 0.330. The summed E-state index contributed by atoms with van der Waals surface area (Å²) < 4.78 is 16.9. The number of nitrogens with two attached hydrogens (primary N) is 1. The number of aliphatic hydroxyl groups excluding tert-OH is 1. The van der Waals surface area contributed by atoms with Crippen molar-refractivity contribution < 1.29 is 39.2 Å². The number of nitro groups is 1. The van der Waals surface area contributed by atoms with Gasteiger partial charge in [-0.1, -0.05) is 0 Å². The van der Waals surface area contributed by atoms with E-state index in [1.165, 1.54) is 0 Å². The maximum Gasteiger partial charge on any atom is 0.320 e. The number of aliphatic hydroxyl groups is 1. The summed E-state index contributed by atoms with van der Waals surface area (Å²) in [5.41, 5.74) is 4.09. The van der Waals surface area contributed by atoms with Gasteiger partial charge in [0.15, 0.2) is 11.6 Å². The lowest BCUT2D eigenvalue weighted by Crippen LogP contribution is -2.31. The zero-order valence-electron chi connectivity index (χ0n) is 12.5. The van der Waals surface area contributed by atoms with Crippen molar-refractivity contribution in [3.63, 3.8) is 0 Å². The van der Waals surface area contributed by atoms with Gasteiger partial charge in [-0.15, -0.1) is 0 Å². The molecule has 6 N–H and O–H groups in total. The van der Waals surface area contributed by atoms with E-state index >= 15 is 0 Å². The van der Waals surface area contributed by atoms with Crippen molar-refractivity contribution in [1.29, 1.82) is 0 Å². The number of hydrogen-bond donors (Lipinski definition) is 5. The molecule has 0 aliphatic carbocycles. The molecular weight excluding hydrogens is 347 g/mol. The van der Waals surface area contributed by atoms with Crippen LogP contribution in [0.15, 0.2) is 12.1 Å². The number of aliphatic carboxylic acids is 1. The number of aromatic hydroxyl groups is 1. The number of rotatable bonds is 8. The minimum atomic E-state index is -4.34. The van der Waals surface area contributed by atoms with Crippen molar-refractivity contribution in [3.05, 3.63) is 27.8 Å². The van der Waals surface area contributed by atoms with Crippen LogP contribution in [0.25, 0.3) is 0 Å². The molecular formula is C12H17N2O9P. The Morgan fingerprint density at radius 2 is 2.08 bits per heavy atom. The standard InChI is InChI=1S/C12H17N2O9P/c1-23-9-5-6(4-8(10(9)15)14(19)20)12(18)24(21,22)3-2-7(13)11(16)17/h4-5,7,12,15,18H,2-3,13H2,1H3,(H,16,17)(H,21,22)/t7-,12?/m0/s1. The third kappa shape index (κ3) is 4.42. The van der Waals surface area contributed by atoms with Crippen molar-refractivity contribution in [2.24, 2.45) is 5.73 Å². The number of carbonyl (C=O) groups is 1. The summed E-state index contributed by atoms with van der Waals surface area (Å²) in [7, 11) is -3.23. The maximum absolute atomic E-state index is 12.2. The van der Waals surface area contributed by atoms with Crippen LogP contribution in [0, 0.1) is 10.1 Å². The molecule has 0 radical (unpaired) electrons. The SMILES string of the molecule is COc1cc(C(O)P(=O)(O)CC[C@H](N)C(=O)O)cc([N+](=O)[O-])c1O. The van der Waals surface area contributed by atoms with Gasteiger partial charge in [0.05, 0.1) is 12.0 Å². The highest BCUT2D eigenvalue weighted by atomic mass is 31.2. The molecule has 0 spiro atoms. The summed E-state index contributed by atoms with van der Waals surface area (Å²) in [4.78, 5) is 30.5. The Bertz CT molecular complexity index is 693. The molecule has 1 aromatic rings. The van der Waals surface area contributed by atoms with E-state index in [-0.39, 0.29) is 17.7 Å². The first-order valence-corrected chi connectivity index (χ1v) is 8.46. The lowest BCUT2D eigenvalue weighted by Gasteiger charge is -2.20. The number of carboxylic acid groups (broad SMARTS) is 1. The lowest BCUT2D eigenvalue weighted by atomic mass is 10.2. The second-order valence-electron chi connectivity index (χ2n) is 4.93. The number of hydrogen-bond acceptors (Lipinski definition) is 8. The first kappa shape index (κ1) is 19.8. The van der Waals surface area contributed by atoms with Gasteiger partial charge in [0.1, 0.15) is 6.04 Å². The number of methoxy groups -OCH3 is 1. The first-order chi connectivity index (χ1) is 11.0. The fraction of sp³-hybridized carbons (Fsp3) is 0.417. The van der Waals surface area contributed by atoms with Crippen LogP contribution in [0.3, 0.4) is 0 Å². The van der Waals surface area contributed by atoms with Crippen LogP contribution < -0.4 is 10.5 Å². The highest BCUT2D eigenvalue weighted by Gasteiger charge is 2.34. The highest BCUT2D eigenvalue weighted by Crippen LogP contribution is 2.56. The summed E-state index contributed by atoms with van der Waals surface area (Å²) in [5, 5.41) is 39.3. The monoisotopic (exact) mass is 364 g/mol. The first-order valence-electron chi connectivity index (χ1n) is 6.54. The second kappa shape index (κ2) is 7.58. The highest BCUT2D eigenvalue weighted by molar-refractivity contribution is 7.58. The molecule has 11 nitrogen and oxygen atoms in total. The van der Waals surface area contributed by atoms with E-state index in [0.29, 0.717) is 0 Å². The van der Waals surface area contributed by atoms with Crippen LogP contribution in [0.4, 0.5) is 5.69 Å². The smallest absolute Gasteiger partial charge is 0.320 e. The largest absolute Gasteiger partial charge is 0.500 e. The third-order valence-corrected chi connectivity index (χ3v) is 5.21. The Balaban J connectivity index is 3.15. The van der Waals surface area contributed by atoms with E-state index in [0.717, 1.165) is 19.2 Å². The summed E-state index contributed by atoms with van der Waals surface area (Å²) in [6.07, 6.45) is -0.990. The van der Waals surface area contributed by atoms with Gasteiger partial charge in [-0.05, 0) is 12.5 Å². The predicted molar refractivity (Wildman–Crippen MR) is 81.2 cm³/mol. The number of carboxylic acids is 1. The molecule has 0 saturated carbocycles. The van der Waals surface area contributed by atoms with Gasteiger partial charge in [0.2, 0.25) is 13.1 Å². The van der Waals surface area contributed by atoms with E-state index in [9.17, 15) is 34.6 Å². The fourth-order valence-corrected chi connectivity index (χ4v) is 3.37. The topological polar surface area (TPSA) is 193 Å². The molecule has 0 bridgehead atoms. The average Bonchev–Trinajstić information content (AvgIpc) is 2.51. The molecule has 134 valence electrons. The summed E-state index contributed by atoms with van der Waals surface area (Å²) >= 11 is 0. The molecule has 0 aliphatic rings. The van der Waals surface area contributed by atoms with E-state index in [1.54, 1.807) is 0 Å². The van der Waals surface area contributed by atoms with Crippen LogP contribution in [0.2, 0.25) is 0 Å². The molecule has 0 saturated heterocycles. The van der Waals surface area contributed by atoms with E-state index in [4.69, 9.17) is 15.6 Å². The minimum absolute atomic E-state index is 0.328. The van der Waals surface area contributed by atoms with E-state index in [1.807, 2.05) is 0 Å². The second-order valence-corrected chi connectivity index (χ2v) is 7.38. The predicted octanol–water partition coefficient (Wildman–Crippen LogP) is 0.372. The van der Waals surface area contributed by atoms with Gasteiger partial charge >= 0.3 is 11.7 Å². The minimum Gasteiger partial charge on any atom is -0.500 e. The van der Waals surface area contributed by atoms with E-state index < -0.39 is 47.7 Å². The molecule has 0 fully saturated rings. The molecule has 12 heteroatoms. The van der Waals surface area contributed by atoms with Crippen LogP contribution in [0.1, 0.15) is 17.8 Å². The van der Waals surface area contributed by atoms with Crippen LogP contribution in [0.5, 0.6) is 11.5 Å². The zero-order valence-corrected chi connectivity index (χ0v) is 13.4. The van der Waals surface area contributed by atoms with Gasteiger partial charge in [-0.2, -0.15) is 0 Å². The fourth-order valence-electron chi connectivity index (χ4n) is 1.86. The van der Waals surface area contributed by atoms with Gasteiger partial charge in [-0.25, -0.2) is 0 Å². The molecule has 0 aliphatic heterocycles. The normalized spacial score (nSPS) is 16.0. The Morgan fingerprint density at radius 1 is 1.50 bits per heavy atom. The molecule has 2 unspecified atom stereocenters. The van der Waals surface area contributed by atoms with Crippen LogP contribution >= 0.6 is 7.37 Å². The van der Waals surface area contributed by atoms with Gasteiger partial charge in [0.25, 0.3) is 0 Å². The summed E-state index contributed by atoms with van der Waals surface area (Å²) in [5.74, 6) is -4.56. The summed E-state index contributed by atoms with van der Waals surface area (Å²) in [6.45, 7) is 0. The Kier molecular flexibility index (Phi) is 6.27. The van der Waals surface area contributed by atoms with Gasteiger partial charge in [0, 0.05) is 17.8 Å². The Labute approximate surface area is 135 Å². The molecule has 1 aromatic carbocycles. The van der Waals surface area contributed by atoms with Crippen LogP contribution in [-0.4, -0.2) is 50.4 Å². The van der Waals surface area contributed by atoms with Crippen molar-refractivity contribution >= 4 is 19.0 Å². The molecule has 0 aromatic heterocycles. The average molecular weight is 364 g/mol.